The number of pyridine rings is 1. The number of ether oxygens (including phenoxy) is 3. The van der Waals surface area contributed by atoms with Crippen molar-refractivity contribution in [3.8, 4) is 16.2 Å². The molecule has 4 aliphatic rings. The van der Waals surface area contributed by atoms with Crippen LogP contribution in [0.1, 0.15) is 89.5 Å². The number of carbonyl (C=O) groups excluding carboxylic acids is 4. The van der Waals surface area contributed by atoms with Crippen LogP contribution in [-0.4, -0.2) is 179 Å². The molecule has 2 amide bonds. The van der Waals surface area contributed by atoms with Crippen molar-refractivity contribution >= 4 is 58.2 Å². The Morgan fingerprint density at radius 3 is 2.22 bits per heavy atom. The van der Waals surface area contributed by atoms with Crippen molar-refractivity contribution in [2.24, 2.45) is 16.2 Å². The fraction of sp³-hybridized carbons (Fsp3) is 0.571. The van der Waals surface area contributed by atoms with E-state index in [1.54, 1.807) is 48.7 Å². The van der Waals surface area contributed by atoms with Crippen LogP contribution in [0.3, 0.4) is 0 Å². The third-order valence-electron chi connectivity index (χ3n) is 15.7. The number of hydrogen-bond donors (Lipinski definition) is 4. The lowest BCUT2D eigenvalue weighted by Crippen LogP contribution is -2.70. The Morgan fingerprint density at radius 2 is 1.61 bits per heavy atom. The second-order valence-corrected chi connectivity index (χ2v) is 24.4. The van der Waals surface area contributed by atoms with Gasteiger partial charge in [0.25, 0.3) is 0 Å². The first kappa shape index (κ1) is 56.8. The van der Waals surface area contributed by atoms with Gasteiger partial charge in [0, 0.05) is 95.0 Å². The van der Waals surface area contributed by atoms with E-state index in [2.05, 4.69) is 34.9 Å². The largest absolute Gasteiger partial charge is 0.489 e. The standard InChI is InChI=1S/C56H76ClN9O9S/c1-34-47(76-33-60-34)37-12-10-36(11-13-37)35(2)73-51(72)44-26-40(68)30-66(44)49(70)48(54(3,4)5)61-46(69)31-63-20-18-62(19-21-63)22-23-64-24-25-65(29-39(64)32-67)45-17-14-38(28-59-45)50(71)75-53-55(6,7)52(56(53,8)9)74-41-15-16-43(58)42(57)27-41/h10-17,27-28,33,35,39-40,44,48,52-53,67-68H,18-26,29-32,58H2,1-9H3,(H,61,69)/t35-,39-,40+,44+,48?,52?,53?/m0/s1. The van der Waals surface area contributed by atoms with Gasteiger partial charge < -0.3 is 45.3 Å². The smallest absolute Gasteiger partial charge is 0.340 e. The maximum absolute atomic E-state index is 14.3. The normalized spacial score (nSPS) is 23.8. The summed E-state index contributed by atoms with van der Waals surface area (Å²) in [5, 5.41) is 24.6. The van der Waals surface area contributed by atoms with E-state index in [9.17, 15) is 29.4 Å². The van der Waals surface area contributed by atoms with Gasteiger partial charge in [-0.05, 0) is 54.7 Å². The van der Waals surface area contributed by atoms with Gasteiger partial charge in [-0.1, -0.05) is 84.3 Å². The number of nitrogens with zero attached hydrogens (tertiary/aromatic N) is 7. The van der Waals surface area contributed by atoms with Crippen molar-refractivity contribution in [2.45, 2.75) is 111 Å². The Kier molecular flexibility index (Phi) is 17.4. The van der Waals surface area contributed by atoms with Crippen molar-refractivity contribution in [3.63, 3.8) is 0 Å². The third-order valence-corrected chi connectivity index (χ3v) is 17.1. The SMILES string of the molecule is Cc1ncsc1-c1ccc([C@H](C)OC(=O)[C@H]2C[C@@H](O)CN2C(=O)C(NC(=O)CN2CCN(CCN3CCN(c4ccc(C(=O)OC5C(C)(C)C(Oc6ccc(N)c(Cl)c6)C5(C)C)cn4)C[C@H]3CO)CC2)C(C)(C)C)cc1. The van der Waals surface area contributed by atoms with E-state index in [0.717, 1.165) is 60.2 Å². The van der Waals surface area contributed by atoms with Gasteiger partial charge in [-0.3, -0.25) is 24.3 Å². The highest BCUT2D eigenvalue weighted by Gasteiger charge is 2.66. The van der Waals surface area contributed by atoms with Gasteiger partial charge in [0.1, 0.15) is 42.0 Å². The first-order valence-electron chi connectivity index (χ1n) is 26.4. The summed E-state index contributed by atoms with van der Waals surface area (Å²) in [4.78, 5) is 75.4. The first-order valence-corrected chi connectivity index (χ1v) is 27.6. The molecule has 5 heterocycles. The fourth-order valence-corrected chi connectivity index (χ4v) is 12.6. The molecule has 8 rings (SSSR count). The highest BCUT2D eigenvalue weighted by molar-refractivity contribution is 7.13. The quantitative estimate of drug-likeness (QED) is 0.0739. The molecule has 4 fully saturated rings. The number of aryl methyl sites for hydroxylation is 1. The second-order valence-electron chi connectivity index (χ2n) is 23.2. The topological polar surface area (TPSA) is 216 Å². The van der Waals surface area contributed by atoms with Crippen LogP contribution < -0.4 is 20.7 Å². The van der Waals surface area contributed by atoms with Crippen LogP contribution >= 0.6 is 22.9 Å². The number of halogens is 1. The average molecular weight is 1090 g/mol. The molecule has 3 saturated heterocycles. The lowest BCUT2D eigenvalue weighted by Gasteiger charge is -2.61. The first-order chi connectivity index (χ1) is 35.9. The van der Waals surface area contributed by atoms with Gasteiger partial charge in [-0.15, -0.1) is 11.3 Å². The third kappa shape index (κ3) is 12.6. The van der Waals surface area contributed by atoms with Crippen molar-refractivity contribution in [1.82, 2.24) is 34.9 Å². The highest BCUT2D eigenvalue weighted by Crippen LogP contribution is 2.57. The van der Waals surface area contributed by atoms with E-state index in [-0.39, 0.29) is 44.2 Å². The summed E-state index contributed by atoms with van der Waals surface area (Å²) < 4.78 is 18.4. The van der Waals surface area contributed by atoms with E-state index in [4.69, 9.17) is 31.5 Å². The maximum Gasteiger partial charge on any atom is 0.340 e. The number of hydrogen-bond acceptors (Lipinski definition) is 17. The number of aromatic nitrogens is 2. The van der Waals surface area contributed by atoms with Crippen LogP contribution in [0.4, 0.5) is 11.5 Å². The number of aliphatic hydroxyl groups is 2. The predicted octanol–water partition coefficient (Wildman–Crippen LogP) is 5.69. The van der Waals surface area contributed by atoms with E-state index in [1.165, 1.54) is 4.90 Å². The molecule has 76 heavy (non-hydrogen) atoms. The molecule has 3 aliphatic heterocycles. The minimum absolute atomic E-state index is 0.0166. The van der Waals surface area contributed by atoms with Crippen LogP contribution in [0.2, 0.25) is 5.02 Å². The molecule has 2 aromatic heterocycles. The van der Waals surface area contributed by atoms with E-state index >= 15 is 0 Å². The van der Waals surface area contributed by atoms with E-state index in [0.29, 0.717) is 48.2 Å². The number of amides is 2. The zero-order valence-electron chi connectivity index (χ0n) is 45.3. The van der Waals surface area contributed by atoms with Gasteiger partial charge in [-0.25, -0.2) is 19.6 Å². The molecule has 0 bridgehead atoms. The zero-order valence-corrected chi connectivity index (χ0v) is 46.9. The molecule has 2 aromatic carbocycles. The molecule has 1 aliphatic carbocycles. The molecule has 5 atom stereocenters. The molecule has 1 unspecified atom stereocenters. The number of benzene rings is 2. The lowest BCUT2D eigenvalue weighted by molar-refractivity contribution is -0.236. The van der Waals surface area contributed by atoms with Crippen molar-refractivity contribution in [3.05, 3.63) is 88.1 Å². The number of esters is 2. The molecular formula is C56H76ClN9O9S. The molecule has 412 valence electrons. The van der Waals surface area contributed by atoms with Crippen LogP contribution in [0, 0.1) is 23.2 Å². The molecule has 5 N–H and O–H groups in total. The molecule has 18 nitrogen and oxygen atoms in total. The van der Waals surface area contributed by atoms with Gasteiger partial charge >= 0.3 is 11.9 Å². The fourth-order valence-electron chi connectivity index (χ4n) is 11.6. The number of rotatable bonds is 17. The number of likely N-dealkylation sites (tertiary alicyclic amines) is 1. The zero-order chi connectivity index (χ0) is 54.9. The molecule has 0 spiro atoms. The van der Waals surface area contributed by atoms with Gasteiger partial charge in [0.2, 0.25) is 11.8 Å². The summed E-state index contributed by atoms with van der Waals surface area (Å²) in [5.41, 5.74) is 9.63. The Bertz CT molecular complexity index is 2680. The van der Waals surface area contributed by atoms with Crippen molar-refractivity contribution < 1.29 is 43.6 Å². The highest BCUT2D eigenvalue weighted by atomic mass is 35.5. The Balaban J connectivity index is 0.765. The number of nitrogen functional groups attached to an aromatic ring is 1. The Morgan fingerprint density at radius 1 is 0.908 bits per heavy atom. The molecule has 20 heteroatoms. The van der Waals surface area contributed by atoms with Gasteiger partial charge in [0.15, 0.2) is 0 Å². The van der Waals surface area contributed by atoms with E-state index < -0.39 is 64.5 Å². The number of β-amino-alcohol motifs (C(OH)–C–C–N with tert-alkyl or cyclic N) is 1. The van der Waals surface area contributed by atoms with Crippen molar-refractivity contribution in [1.29, 1.82) is 0 Å². The Hall–Kier alpha value is -5.41. The number of carbonyl (C=O) groups is 4. The number of thiazole rings is 1. The van der Waals surface area contributed by atoms with Crippen LogP contribution in [-0.2, 0) is 23.9 Å². The number of anilines is 2. The molecular weight excluding hydrogens is 1010 g/mol. The van der Waals surface area contributed by atoms with Crippen LogP contribution in [0.15, 0.2) is 66.3 Å². The monoisotopic (exact) mass is 1090 g/mol. The van der Waals surface area contributed by atoms with Gasteiger partial charge in [-0.2, -0.15) is 0 Å². The second kappa shape index (κ2) is 23.3. The minimum atomic E-state index is -0.997. The molecule has 1 saturated carbocycles. The predicted molar refractivity (Wildman–Crippen MR) is 293 cm³/mol. The van der Waals surface area contributed by atoms with Gasteiger partial charge in [0.05, 0.1) is 57.7 Å². The number of nitrogens with one attached hydrogen (secondary N) is 1. The van der Waals surface area contributed by atoms with Crippen LogP contribution in [0.5, 0.6) is 5.75 Å². The summed E-state index contributed by atoms with van der Waals surface area (Å²) >= 11 is 7.80. The summed E-state index contributed by atoms with van der Waals surface area (Å²) in [6.07, 6.45) is -0.574. The number of aliphatic hydroxyl groups excluding tert-OH is 2. The Labute approximate surface area is 455 Å². The molecule has 0 radical (unpaired) electrons. The maximum atomic E-state index is 14.3. The van der Waals surface area contributed by atoms with Crippen molar-refractivity contribution in [2.75, 3.05) is 89.2 Å². The average Bonchev–Trinajstić information content (AvgIpc) is 4.04. The number of piperazine rings is 2. The lowest BCUT2D eigenvalue weighted by atomic mass is 9.51. The summed E-state index contributed by atoms with van der Waals surface area (Å²) in [5.74, 6) is -0.457. The summed E-state index contributed by atoms with van der Waals surface area (Å²) in [7, 11) is 0. The van der Waals surface area contributed by atoms with E-state index in [1.807, 2.05) is 91.2 Å². The summed E-state index contributed by atoms with van der Waals surface area (Å²) in [6.45, 7) is 23.9. The van der Waals surface area contributed by atoms with Crippen LogP contribution in [0.25, 0.3) is 10.4 Å². The molecule has 4 aromatic rings. The summed E-state index contributed by atoms with van der Waals surface area (Å²) in [6, 6.07) is 14.5. The minimum Gasteiger partial charge on any atom is -0.489 e. The number of nitrogens with two attached hydrogens (primary N) is 1.